The van der Waals surface area contributed by atoms with Gasteiger partial charge in [0.15, 0.2) is 5.78 Å². The van der Waals surface area contributed by atoms with E-state index in [1.807, 2.05) is 0 Å². The van der Waals surface area contributed by atoms with Gasteiger partial charge in [0.05, 0.1) is 4.92 Å². The summed E-state index contributed by atoms with van der Waals surface area (Å²) >= 11 is 0. The Hall–Kier alpha value is -2.04. The van der Waals surface area contributed by atoms with E-state index in [4.69, 9.17) is 0 Å². The molecule has 72 valence electrons. The third kappa shape index (κ3) is 1.82. The first-order valence-corrected chi connectivity index (χ1v) is 3.67. The van der Waals surface area contributed by atoms with Crippen molar-refractivity contribution >= 4 is 11.5 Å². The van der Waals surface area contributed by atoms with Gasteiger partial charge in [-0.15, -0.1) is 0 Å². The topological polar surface area (TPSA) is 60.2 Å². The molecule has 0 saturated carbocycles. The summed E-state index contributed by atoms with van der Waals surface area (Å²) < 4.78 is 13.0. The summed E-state index contributed by atoms with van der Waals surface area (Å²) in [4.78, 5) is 20.4. The SMILES string of the molecule is C=CC(=O)c1ccc([N+](=O)[O-])c(F)c1. The summed E-state index contributed by atoms with van der Waals surface area (Å²) in [6, 6.07) is 2.96. The van der Waals surface area contributed by atoms with Crippen molar-refractivity contribution in [2.75, 3.05) is 0 Å². The van der Waals surface area contributed by atoms with Crippen molar-refractivity contribution in [2.45, 2.75) is 0 Å². The molecule has 0 saturated heterocycles. The van der Waals surface area contributed by atoms with Gasteiger partial charge in [0, 0.05) is 11.6 Å². The highest BCUT2D eigenvalue weighted by molar-refractivity contribution is 6.04. The third-order valence-electron chi connectivity index (χ3n) is 1.61. The second-order valence-corrected chi connectivity index (χ2v) is 2.49. The van der Waals surface area contributed by atoms with Crippen LogP contribution in [-0.4, -0.2) is 10.7 Å². The van der Waals surface area contributed by atoms with E-state index in [0.29, 0.717) is 0 Å². The number of halogens is 1. The molecule has 0 fully saturated rings. The van der Waals surface area contributed by atoms with Crippen LogP contribution in [-0.2, 0) is 0 Å². The van der Waals surface area contributed by atoms with Crippen LogP contribution in [0.25, 0.3) is 0 Å². The highest BCUT2D eigenvalue weighted by Gasteiger charge is 2.15. The molecule has 0 amide bonds. The fourth-order valence-electron chi connectivity index (χ4n) is 0.926. The van der Waals surface area contributed by atoms with Crippen LogP contribution in [0.15, 0.2) is 30.9 Å². The number of hydrogen-bond donors (Lipinski definition) is 0. The normalized spacial score (nSPS) is 9.50. The maximum atomic E-state index is 13.0. The highest BCUT2D eigenvalue weighted by atomic mass is 19.1. The summed E-state index contributed by atoms with van der Waals surface area (Å²) in [5, 5.41) is 10.2. The largest absolute Gasteiger partial charge is 0.304 e. The standard InChI is InChI=1S/C9H6FNO3/c1-2-9(12)6-3-4-8(11(13)14)7(10)5-6/h2-5H,1H2. The number of nitro benzene ring substituents is 1. The molecule has 4 nitrogen and oxygen atoms in total. The van der Waals surface area contributed by atoms with Crippen LogP contribution >= 0.6 is 0 Å². The number of rotatable bonds is 3. The Morgan fingerprint density at radius 3 is 2.64 bits per heavy atom. The van der Waals surface area contributed by atoms with Crippen molar-refractivity contribution in [3.8, 4) is 0 Å². The van der Waals surface area contributed by atoms with E-state index in [2.05, 4.69) is 6.58 Å². The minimum absolute atomic E-state index is 0.0445. The van der Waals surface area contributed by atoms with E-state index in [1.165, 1.54) is 6.07 Å². The lowest BCUT2D eigenvalue weighted by molar-refractivity contribution is -0.387. The maximum absolute atomic E-state index is 13.0. The average Bonchev–Trinajstić information content (AvgIpc) is 2.15. The predicted molar refractivity (Wildman–Crippen MR) is 47.6 cm³/mol. The lowest BCUT2D eigenvalue weighted by Crippen LogP contribution is -1.98. The van der Waals surface area contributed by atoms with Crippen molar-refractivity contribution in [2.24, 2.45) is 0 Å². The summed E-state index contributed by atoms with van der Waals surface area (Å²) in [5.41, 5.74) is -0.603. The average molecular weight is 195 g/mol. The van der Waals surface area contributed by atoms with Crippen molar-refractivity contribution in [3.63, 3.8) is 0 Å². The summed E-state index contributed by atoms with van der Waals surface area (Å²) in [6.07, 6.45) is 1.01. The Bertz CT molecular complexity index is 415. The van der Waals surface area contributed by atoms with Gasteiger partial charge in [0.1, 0.15) is 0 Å². The van der Waals surface area contributed by atoms with E-state index in [1.54, 1.807) is 0 Å². The molecule has 0 aromatic heterocycles. The molecule has 1 aromatic rings. The van der Waals surface area contributed by atoms with Gasteiger partial charge in [0.2, 0.25) is 5.82 Å². The molecule has 1 rings (SSSR count). The van der Waals surface area contributed by atoms with Gasteiger partial charge in [-0.25, -0.2) is 0 Å². The fraction of sp³-hybridized carbons (Fsp3) is 0. The molecule has 0 aliphatic heterocycles. The van der Waals surface area contributed by atoms with Gasteiger partial charge in [-0.3, -0.25) is 14.9 Å². The second kappa shape index (κ2) is 3.78. The summed E-state index contributed by atoms with van der Waals surface area (Å²) in [6.45, 7) is 3.22. The Morgan fingerprint density at radius 1 is 1.57 bits per heavy atom. The third-order valence-corrected chi connectivity index (χ3v) is 1.61. The molecule has 0 unspecified atom stereocenters. The van der Waals surface area contributed by atoms with Gasteiger partial charge in [-0.05, 0) is 18.2 Å². The van der Waals surface area contributed by atoms with E-state index in [0.717, 1.165) is 18.2 Å². The zero-order valence-electron chi connectivity index (χ0n) is 7.07. The molecule has 14 heavy (non-hydrogen) atoms. The lowest BCUT2D eigenvalue weighted by atomic mass is 10.1. The zero-order chi connectivity index (χ0) is 10.7. The van der Waals surface area contributed by atoms with E-state index in [9.17, 15) is 19.3 Å². The molecule has 0 atom stereocenters. The molecule has 0 spiro atoms. The fourth-order valence-corrected chi connectivity index (χ4v) is 0.926. The van der Waals surface area contributed by atoms with Crippen molar-refractivity contribution < 1.29 is 14.1 Å². The number of ketones is 1. The smallest absolute Gasteiger partial charge is 0.289 e. The van der Waals surface area contributed by atoms with Gasteiger partial charge in [-0.1, -0.05) is 6.58 Å². The van der Waals surface area contributed by atoms with Crippen molar-refractivity contribution in [1.29, 1.82) is 0 Å². The summed E-state index contributed by atoms with van der Waals surface area (Å²) in [5.74, 6) is -1.50. The number of benzene rings is 1. The molecule has 1 aromatic carbocycles. The number of carbonyl (C=O) groups is 1. The molecule has 0 heterocycles. The predicted octanol–water partition coefficient (Wildman–Crippen LogP) is 2.10. The van der Waals surface area contributed by atoms with Gasteiger partial charge in [0.25, 0.3) is 0 Å². The zero-order valence-corrected chi connectivity index (χ0v) is 7.07. The Morgan fingerprint density at radius 2 is 2.21 bits per heavy atom. The molecular weight excluding hydrogens is 189 g/mol. The number of carbonyl (C=O) groups excluding carboxylic acids is 1. The van der Waals surface area contributed by atoms with Crippen LogP contribution in [0, 0.1) is 15.9 Å². The van der Waals surface area contributed by atoms with Crippen LogP contribution < -0.4 is 0 Å². The first-order chi connectivity index (χ1) is 6.56. The Kier molecular flexibility index (Phi) is 2.71. The van der Waals surface area contributed by atoms with Crippen molar-refractivity contribution in [3.05, 3.63) is 52.3 Å². The molecule has 0 N–H and O–H groups in total. The van der Waals surface area contributed by atoms with Gasteiger partial charge >= 0.3 is 5.69 Å². The summed E-state index contributed by atoms with van der Waals surface area (Å²) in [7, 11) is 0. The Balaban J connectivity index is 3.19. The number of nitrogens with zero attached hydrogens (tertiary/aromatic N) is 1. The Labute approximate surface area is 78.8 Å². The van der Waals surface area contributed by atoms with Crippen LogP contribution in [0.1, 0.15) is 10.4 Å². The first kappa shape index (κ1) is 10.0. The van der Waals surface area contributed by atoms with E-state index in [-0.39, 0.29) is 5.56 Å². The number of nitro groups is 1. The van der Waals surface area contributed by atoms with Gasteiger partial charge < -0.3 is 0 Å². The monoisotopic (exact) mass is 195 g/mol. The number of hydrogen-bond acceptors (Lipinski definition) is 3. The lowest BCUT2D eigenvalue weighted by Gasteiger charge is -1.96. The second-order valence-electron chi connectivity index (χ2n) is 2.49. The molecular formula is C9H6FNO3. The van der Waals surface area contributed by atoms with Crippen molar-refractivity contribution in [1.82, 2.24) is 0 Å². The molecule has 0 bridgehead atoms. The minimum atomic E-state index is -1.03. The van der Waals surface area contributed by atoms with Crippen LogP contribution in [0.3, 0.4) is 0 Å². The van der Waals surface area contributed by atoms with E-state index < -0.39 is 22.2 Å². The minimum Gasteiger partial charge on any atom is -0.289 e. The van der Waals surface area contributed by atoms with Gasteiger partial charge in [-0.2, -0.15) is 4.39 Å². The molecule has 0 aliphatic carbocycles. The van der Waals surface area contributed by atoms with E-state index >= 15 is 0 Å². The first-order valence-electron chi connectivity index (χ1n) is 3.67. The molecule has 0 aliphatic rings. The van der Waals surface area contributed by atoms with Crippen LogP contribution in [0.5, 0.6) is 0 Å². The quantitative estimate of drug-likeness (QED) is 0.321. The highest BCUT2D eigenvalue weighted by Crippen LogP contribution is 2.18. The molecule has 0 radical (unpaired) electrons. The molecule has 5 heteroatoms. The maximum Gasteiger partial charge on any atom is 0.304 e. The van der Waals surface area contributed by atoms with Crippen LogP contribution in [0.4, 0.5) is 10.1 Å². The number of allylic oxidation sites excluding steroid dienone is 1. The van der Waals surface area contributed by atoms with Crippen LogP contribution in [0.2, 0.25) is 0 Å².